The van der Waals surface area contributed by atoms with Crippen molar-refractivity contribution in [3.05, 3.63) is 28.7 Å². The number of hydrogen-bond donors (Lipinski definition) is 4. The Balaban J connectivity index is 1.53. The van der Waals surface area contributed by atoms with Crippen molar-refractivity contribution in [2.45, 2.75) is 69.0 Å². The number of rotatable bonds is 6. The summed E-state index contributed by atoms with van der Waals surface area (Å²) in [6.07, 6.45) is 0.0378. The van der Waals surface area contributed by atoms with Gasteiger partial charge in [-0.05, 0) is 44.9 Å². The highest BCUT2D eigenvalue weighted by Crippen LogP contribution is 2.28. The molecular weight excluding hydrogens is 454 g/mol. The van der Waals surface area contributed by atoms with Crippen LogP contribution >= 0.6 is 11.6 Å². The number of nitrogens with zero attached hydrogens (tertiary/aromatic N) is 3. The molecule has 3 atom stereocenters. The van der Waals surface area contributed by atoms with E-state index in [4.69, 9.17) is 11.6 Å². The molecule has 2 saturated heterocycles. The lowest BCUT2D eigenvalue weighted by Crippen LogP contribution is -2.69. The third-order valence-corrected chi connectivity index (χ3v) is 6.81. The van der Waals surface area contributed by atoms with Gasteiger partial charge in [-0.25, -0.2) is 13.6 Å². The van der Waals surface area contributed by atoms with Crippen LogP contribution in [0, 0.1) is 0 Å². The Bertz CT molecular complexity index is 1050. The topological polar surface area (TPSA) is 86.5 Å². The molecule has 2 fully saturated rings. The van der Waals surface area contributed by atoms with Gasteiger partial charge < -0.3 is 10.4 Å². The number of aryl methyl sites for hydroxylation is 2. The molecule has 184 valence electrons. The van der Waals surface area contributed by atoms with E-state index in [9.17, 15) is 18.7 Å². The summed E-state index contributed by atoms with van der Waals surface area (Å²) in [5.74, 6) is -2.69. The first-order chi connectivity index (χ1) is 15.4. The van der Waals surface area contributed by atoms with E-state index < -0.39 is 17.8 Å². The van der Waals surface area contributed by atoms with E-state index in [-0.39, 0.29) is 30.2 Å². The van der Waals surface area contributed by atoms with Crippen LogP contribution in [-0.2, 0) is 13.6 Å². The maximum atomic E-state index is 13.9. The predicted molar refractivity (Wildman–Crippen MR) is 126 cm³/mol. The summed E-state index contributed by atoms with van der Waals surface area (Å²) < 4.78 is 31.1. The average Bonchev–Trinajstić information content (AvgIpc) is 2.96. The van der Waals surface area contributed by atoms with Gasteiger partial charge in [0.05, 0.1) is 34.7 Å². The first-order valence-corrected chi connectivity index (χ1v) is 11.8. The fourth-order valence-electron chi connectivity index (χ4n) is 4.54. The molecule has 3 unspecified atom stereocenters. The predicted octanol–water partition coefficient (Wildman–Crippen LogP) is 2.05. The fourth-order valence-corrected chi connectivity index (χ4v) is 4.76. The maximum Gasteiger partial charge on any atom is 0.328 e. The van der Waals surface area contributed by atoms with Crippen molar-refractivity contribution < 1.29 is 13.9 Å². The fraction of sp³-hybridized carbons (Fsp3) is 0.682. The highest BCUT2D eigenvalue weighted by Gasteiger charge is 2.40. The van der Waals surface area contributed by atoms with Gasteiger partial charge in [-0.3, -0.25) is 24.7 Å². The van der Waals surface area contributed by atoms with Crippen LogP contribution < -0.4 is 21.6 Å². The molecule has 1 aromatic carbocycles. The van der Waals surface area contributed by atoms with E-state index in [1.54, 1.807) is 34.9 Å². The second-order valence-corrected chi connectivity index (χ2v) is 10.4. The minimum Gasteiger partial charge on any atom is -0.390 e. The minimum atomic E-state index is -2.69. The van der Waals surface area contributed by atoms with Crippen LogP contribution in [0.5, 0.6) is 0 Å². The number of fused-ring (bicyclic) bond motifs is 1. The Kier molecular flexibility index (Phi) is 6.76. The molecule has 0 radical (unpaired) electrons. The molecule has 3 heterocycles. The molecule has 11 heteroatoms. The van der Waals surface area contributed by atoms with Gasteiger partial charge in [0.25, 0.3) is 5.92 Å². The first-order valence-electron chi connectivity index (χ1n) is 11.4. The third kappa shape index (κ3) is 5.51. The molecule has 1 aromatic heterocycles. The molecule has 2 aromatic rings. The summed E-state index contributed by atoms with van der Waals surface area (Å²) in [7, 11) is 1.72. The summed E-state index contributed by atoms with van der Waals surface area (Å²) in [5.41, 5.74) is 1.27. The van der Waals surface area contributed by atoms with Crippen molar-refractivity contribution in [2.24, 2.45) is 7.05 Å². The standard InChI is InChI=1S/C22H33ClF2N6O2/c1-21(2,33)8-10-31-17-11-14(5-6-16(17)29(3)20(31)32)27-18-15(23)12-26-19(28-18)30-9-4-7-22(24,25)13-30/h5-6,11,15,18-19,26-28,33H,4,7-10,12-13H2,1-3H3. The van der Waals surface area contributed by atoms with Crippen molar-refractivity contribution in [3.63, 3.8) is 0 Å². The molecule has 33 heavy (non-hydrogen) atoms. The van der Waals surface area contributed by atoms with Crippen LogP contribution in [0.2, 0.25) is 0 Å². The van der Waals surface area contributed by atoms with Crippen LogP contribution in [0.4, 0.5) is 14.5 Å². The second kappa shape index (κ2) is 9.14. The lowest BCUT2D eigenvalue weighted by atomic mass is 10.1. The van der Waals surface area contributed by atoms with Crippen LogP contribution in [0.3, 0.4) is 0 Å². The van der Waals surface area contributed by atoms with Gasteiger partial charge in [-0.15, -0.1) is 11.6 Å². The molecule has 0 saturated carbocycles. The van der Waals surface area contributed by atoms with Crippen LogP contribution in [0.15, 0.2) is 23.0 Å². The van der Waals surface area contributed by atoms with Crippen LogP contribution in [0.25, 0.3) is 11.0 Å². The Labute approximate surface area is 196 Å². The summed E-state index contributed by atoms with van der Waals surface area (Å²) in [6, 6.07) is 5.63. The van der Waals surface area contributed by atoms with Gasteiger partial charge in [0.1, 0.15) is 6.29 Å². The largest absolute Gasteiger partial charge is 0.390 e. The van der Waals surface area contributed by atoms with Crippen LogP contribution in [0.1, 0.15) is 33.1 Å². The Morgan fingerprint density at radius 3 is 2.79 bits per heavy atom. The Morgan fingerprint density at radius 1 is 1.33 bits per heavy atom. The van der Waals surface area contributed by atoms with Crippen molar-refractivity contribution in [1.29, 1.82) is 0 Å². The number of piperidine rings is 1. The highest BCUT2D eigenvalue weighted by molar-refractivity contribution is 6.21. The zero-order chi connectivity index (χ0) is 24.0. The van der Waals surface area contributed by atoms with Crippen LogP contribution in [-0.4, -0.2) is 68.1 Å². The SMILES string of the molecule is Cn1c(=O)n(CCC(C)(C)O)c2cc(NC3NC(N4CCCC(F)(F)C4)NCC3Cl)ccc21. The number of aromatic nitrogens is 2. The smallest absolute Gasteiger partial charge is 0.328 e. The normalized spacial score (nSPS) is 26.6. The second-order valence-electron chi connectivity index (χ2n) is 9.80. The number of alkyl halides is 3. The number of halogens is 3. The average molecular weight is 487 g/mol. The number of aliphatic hydroxyl groups is 1. The van der Waals surface area contributed by atoms with Crippen molar-refractivity contribution in [3.8, 4) is 0 Å². The molecule has 4 N–H and O–H groups in total. The summed E-state index contributed by atoms with van der Waals surface area (Å²) >= 11 is 6.53. The summed E-state index contributed by atoms with van der Waals surface area (Å²) in [4.78, 5) is 14.5. The van der Waals surface area contributed by atoms with E-state index in [0.29, 0.717) is 32.5 Å². The van der Waals surface area contributed by atoms with E-state index in [1.165, 1.54) is 0 Å². The van der Waals surface area contributed by atoms with Gasteiger partial charge in [0, 0.05) is 38.8 Å². The quantitative estimate of drug-likeness (QED) is 0.468. The molecule has 0 amide bonds. The number of hydrogen-bond acceptors (Lipinski definition) is 6. The number of imidazole rings is 1. The first kappa shape index (κ1) is 24.4. The molecule has 4 rings (SSSR count). The monoisotopic (exact) mass is 486 g/mol. The Hall–Kier alpha value is -1.72. The number of anilines is 1. The lowest BCUT2D eigenvalue weighted by molar-refractivity contribution is -0.0860. The van der Waals surface area contributed by atoms with E-state index >= 15 is 0 Å². The zero-order valence-corrected chi connectivity index (χ0v) is 20.0. The van der Waals surface area contributed by atoms with Crippen molar-refractivity contribution >= 4 is 28.3 Å². The van der Waals surface area contributed by atoms with E-state index in [1.807, 2.05) is 18.2 Å². The third-order valence-electron chi connectivity index (χ3n) is 6.41. The van der Waals surface area contributed by atoms with E-state index in [0.717, 1.165) is 16.7 Å². The highest BCUT2D eigenvalue weighted by atomic mass is 35.5. The Morgan fingerprint density at radius 2 is 2.09 bits per heavy atom. The van der Waals surface area contributed by atoms with Gasteiger partial charge in [0.2, 0.25) is 0 Å². The van der Waals surface area contributed by atoms with Gasteiger partial charge >= 0.3 is 5.69 Å². The number of likely N-dealkylation sites (tertiary alicyclic amines) is 1. The van der Waals surface area contributed by atoms with Crippen molar-refractivity contribution in [1.82, 2.24) is 24.7 Å². The molecule has 0 bridgehead atoms. The van der Waals surface area contributed by atoms with Gasteiger partial charge in [-0.1, -0.05) is 0 Å². The number of nitrogens with one attached hydrogen (secondary N) is 3. The number of benzene rings is 1. The molecule has 0 aliphatic carbocycles. The van der Waals surface area contributed by atoms with E-state index in [2.05, 4.69) is 16.0 Å². The zero-order valence-electron chi connectivity index (χ0n) is 19.2. The summed E-state index contributed by atoms with van der Waals surface area (Å²) in [5, 5.41) is 19.7. The molecular formula is C22H33ClF2N6O2. The lowest BCUT2D eigenvalue weighted by Gasteiger charge is -2.44. The molecule has 2 aliphatic rings. The minimum absolute atomic E-state index is 0.0811. The molecule has 2 aliphatic heterocycles. The van der Waals surface area contributed by atoms with Gasteiger partial charge in [-0.2, -0.15) is 0 Å². The molecule has 8 nitrogen and oxygen atoms in total. The van der Waals surface area contributed by atoms with Gasteiger partial charge in [0.15, 0.2) is 0 Å². The maximum absolute atomic E-state index is 13.9. The summed E-state index contributed by atoms with van der Waals surface area (Å²) in [6.45, 7) is 4.58. The van der Waals surface area contributed by atoms with Crippen molar-refractivity contribution in [2.75, 3.05) is 25.0 Å². The molecule has 0 spiro atoms.